The highest BCUT2D eigenvalue weighted by Gasteiger charge is 2.34. The second-order valence-corrected chi connectivity index (χ2v) is 14.0. The molecule has 1 aliphatic rings. The Bertz CT molecular complexity index is 1970. The molecule has 0 N–H and O–H groups in total. The van der Waals surface area contributed by atoms with Gasteiger partial charge in [-0.15, -0.1) is 0 Å². The number of hydrogen-bond donors (Lipinski definition) is 0. The summed E-state index contributed by atoms with van der Waals surface area (Å²) in [6.45, 7) is 14.2. The van der Waals surface area contributed by atoms with Crippen LogP contribution in [0.3, 0.4) is 0 Å². The minimum atomic E-state index is -3.64. The fourth-order valence-electron chi connectivity index (χ4n) is 5.83. The van der Waals surface area contributed by atoms with Crippen LogP contribution in [0.15, 0.2) is 64.9 Å². The topological polar surface area (TPSA) is 118 Å². The van der Waals surface area contributed by atoms with Crippen LogP contribution in [-0.2, 0) is 14.6 Å². The molecule has 0 spiro atoms. The molecule has 0 unspecified atom stereocenters. The Labute approximate surface area is 262 Å². The van der Waals surface area contributed by atoms with Crippen molar-refractivity contribution in [3.63, 3.8) is 0 Å². The number of benzene rings is 1. The minimum Gasteiger partial charge on any atom is -0.349 e. The third kappa shape index (κ3) is 5.50. The highest BCUT2D eigenvalue weighted by atomic mass is 35.5. The standard InChI is InChI=1S/C32H35ClN6O4S/c1-8-26(40)37-16-21(6)38(17-20(37)5)30-23-15-24(33)28(22-11-9-10-12-25(22)44(7,42)43)35-31(23)39(32(41)36-30)29-19(4)13-14-34-27(29)18(2)3/h8-15,18,20-21H,1,16-17H2,2-7H3/t20-,21+/m1/s1. The van der Waals surface area contributed by atoms with Gasteiger partial charge < -0.3 is 9.80 Å². The summed E-state index contributed by atoms with van der Waals surface area (Å²) in [6.07, 6.45) is 4.14. The van der Waals surface area contributed by atoms with E-state index in [4.69, 9.17) is 16.6 Å². The molecule has 3 aromatic heterocycles. The predicted molar refractivity (Wildman–Crippen MR) is 173 cm³/mol. The quantitative estimate of drug-likeness (QED) is 0.274. The summed E-state index contributed by atoms with van der Waals surface area (Å²) in [5.74, 6) is 0.196. The maximum Gasteiger partial charge on any atom is 0.355 e. The SMILES string of the molecule is C=CC(=O)N1C[C@H](C)N(c2nc(=O)n(-c3c(C)ccnc3C(C)C)c3nc(-c4ccccc4S(C)(=O)=O)c(Cl)cc23)C[C@H]1C. The van der Waals surface area contributed by atoms with E-state index in [0.29, 0.717) is 41.2 Å². The smallest absolute Gasteiger partial charge is 0.349 e. The molecule has 2 atom stereocenters. The van der Waals surface area contributed by atoms with Gasteiger partial charge in [0.2, 0.25) is 5.91 Å². The maximum absolute atomic E-state index is 14.1. The van der Waals surface area contributed by atoms with Crippen molar-refractivity contribution in [2.24, 2.45) is 0 Å². The van der Waals surface area contributed by atoms with E-state index >= 15 is 0 Å². The van der Waals surface area contributed by atoms with E-state index in [-0.39, 0.29) is 45.2 Å². The van der Waals surface area contributed by atoms with Crippen LogP contribution in [0.2, 0.25) is 5.02 Å². The van der Waals surface area contributed by atoms with Crippen LogP contribution in [0.25, 0.3) is 28.0 Å². The van der Waals surface area contributed by atoms with E-state index in [1.54, 1.807) is 35.4 Å². The van der Waals surface area contributed by atoms with Crippen molar-refractivity contribution in [2.75, 3.05) is 24.2 Å². The largest absolute Gasteiger partial charge is 0.355 e. The lowest BCUT2D eigenvalue weighted by Gasteiger charge is -2.44. The first-order valence-electron chi connectivity index (χ1n) is 14.3. The lowest BCUT2D eigenvalue weighted by atomic mass is 10.0. The van der Waals surface area contributed by atoms with Gasteiger partial charge in [-0.2, -0.15) is 4.98 Å². The lowest BCUT2D eigenvalue weighted by molar-refractivity contribution is -0.128. The second kappa shape index (κ2) is 11.8. The van der Waals surface area contributed by atoms with Gasteiger partial charge in [-0.05, 0) is 56.5 Å². The van der Waals surface area contributed by atoms with Gasteiger partial charge in [0, 0.05) is 43.2 Å². The number of amides is 1. The predicted octanol–water partition coefficient (Wildman–Crippen LogP) is 4.94. The van der Waals surface area contributed by atoms with Crippen LogP contribution in [0.1, 0.15) is 44.9 Å². The number of anilines is 1. The molecule has 4 heterocycles. The van der Waals surface area contributed by atoms with Crippen molar-refractivity contribution in [2.45, 2.75) is 57.5 Å². The minimum absolute atomic E-state index is 0.0272. The van der Waals surface area contributed by atoms with Crippen molar-refractivity contribution in [3.05, 3.63) is 82.0 Å². The normalized spacial score (nSPS) is 17.4. The monoisotopic (exact) mass is 634 g/mol. The number of carbonyl (C=O) groups excluding carboxylic acids is 1. The van der Waals surface area contributed by atoms with E-state index in [2.05, 4.69) is 16.5 Å². The number of fused-ring (bicyclic) bond motifs is 1. The van der Waals surface area contributed by atoms with E-state index in [1.165, 1.54) is 16.7 Å². The average Bonchev–Trinajstić information content (AvgIpc) is 2.97. The zero-order chi connectivity index (χ0) is 32.1. The highest BCUT2D eigenvalue weighted by Crippen LogP contribution is 2.37. The Kier molecular flexibility index (Phi) is 8.39. The van der Waals surface area contributed by atoms with Crippen LogP contribution in [0.5, 0.6) is 0 Å². The van der Waals surface area contributed by atoms with Crippen molar-refractivity contribution >= 4 is 44.2 Å². The summed E-state index contributed by atoms with van der Waals surface area (Å²) in [5, 5.41) is 0.714. The molecule has 1 fully saturated rings. The first-order chi connectivity index (χ1) is 20.7. The summed E-state index contributed by atoms with van der Waals surface area (Å²) < 4.78 is 26.9. The summed E-state index contributed by atoms with van der Waals surface area (Å²) in [4.78, 5) is 44.6. The number of sulfone groups is 1. The number of pyridine rings is 2. The molecule has 1 saturated heterocycles. The van der Waals surface area contributed by atoms with E-state index in [9.17, 15) is 18.0 Å². The van der Waals surface area contributed by atoms with Crippen LogP contribution < -0.4 is 10.6 Å². The van der Waals surface area contributed by atoms with Crippen molar-refractivity contribution in [1.82, 2.24) is 24.4 Å². The number of carbonyl (C=O) groups is 1. The number of rotatable bonds is 6. The van der Waals surface area contributed by atoms with Gasteiger partial charge >= 0.3 is 5.69 Å². The van der Waals surface area contributed by atoms with Gasteiger partial charge in [0.1, 0.15) is 5.82 Å². The molecule has 0 aliphatic carbocycles. The Hall–Kier alpha value is -4.09. The molecule has 1 amide bonds. The van der Waals surface area contributed by atoms with E-state index in [0.717, 1.165) is 11.8 Å². The number of hydrogen-bond acceptors (Lipinski definition) is 8. The van der Waals surface area contributed by atoms with Gasteiger partial charge in [0.25, 0.3) is 0 Å². The molecule has 10 nitrogen and oxygen atoms in total. The summed E-state index contributed by atoms with van der Waals surface area (Å²) in [5.41, 5.74) is 2.31. The molecule has 4 aromatic rings. The Morgan fingerprint density at radius 3 is 2.48 bits per heavy atom. The highest BCUT2D eigenvalue weighted by molar-refractivity contribution is 7.90. The third-order valence-corrected chi connectivity index (χ3v) is 9.43. The third-order valence-electron chi connectivity index (χ3n) is 7.98. The molecular formula is C32H35ClN6O4S. The molecule has 5 rings (SSSR count). The van der Waals surface area contributed by atoms with Crippen molar-refractivity contribution in [1.29, 1.82) is 0 Å². The zero-order valence-corrected chi connectivity index (χ0v) is 27.1. The van der Waals surface area contributed by atoms with E-state index in [1.807, 2.05) is 45.6 Å². The lowest BCUT2D eigenvalue weighted by Crippen LogP contribution is -2.58. The average molecular weight is 635 g/mol. The molecule has 44 heavy (non-hydrogen) atoms. The molecule has 1 aliphatic heterocycles. The molecular weight excluding hydrogens is 600 g/mol. The summed E-state index contributed by atoms with van der Waals surface area (Å²) in [7, 11) is -3.64. The molecule has 230 valence electrons. The van der Waals surface area contributed by atoms with Crippen LogP contribution in [-0.4, -0.2) is 70.2 Å². The Morgan fingerprint density at radius 2 is 1.82 bits per heavy atom. The zero-order valence-electron chi connectivity index (χ0n) is 25.6. The van der Waals surface area contributed by atoms with Gasteiger partial charge in [0.15, 0.2) is 15.5 Å². The summed E-state index contributed by atoms with van der Waals surface area (Å²) >= 11 is 6.90. The fourth-order valence-corrected chi connectivity index (χ4v) is 6.97. The number of aromatic nitrogens is 4. The maximum atomic E-state index is 14.1. The number of nitrogens with zero attached hydrogens (tertiary/aromatic N) is 6. The molecule has 1 aromatic carbocycles. The number of piperazine rings is 1. The second-order valence-electron chi connectivity index (χ2n) is 11.6. The van der Waals surface area contributed by atoms with Gasteiger partial charge in [0.05, 0.1) is 32.4 Å². The Morgan fingerprint density at radius 1 is 1.11 bits per heavy atom. The van der Waals surface area contributed by atoms with Crippen molar-refractivity contribution < 1.29 is 13.2 Å². The first-order valence-corrected chi connectivity index (χ1v) is 16.6. The summed E-state index contributed by atoms with van der Waals surface area (Å²) in [6, 6.07) is 9.64. The molecule has 0 saturated carbocycles. The Balaban J connectivity index is 1.86. The van der Waals surface area contributed by atoms with Gasteiger partial charge in [-0.25, -0.2) is 22.8 Å². The van der Waals surface area contributed by atoms with Gasteiger partial charge in [-0.3, -0.25) is 9.78 Å². The van der Waals surface area contributed by atoms with Crippen LogP contribution in [0, 0.1) is 6.92 Å². The number of aryl methyl sites for hydroxylation is 1. The van der Waals surface area contributed by atoms with Crippen molar-refractivity contribution in [3.8, 4) is 16.9 Å². The molecule has 12 heteroatoms. The fraction of sp³-hybridized carbons (Fsp3) is 0.344. The van der Waals surface area contributed by atoms with Crippen LogP contribution >= 0.6 is 11.6 Å². The van der Waals surface area contributed by atoms with Crippen LogP contribution in [0.4, 0.5) is 5.82 Å². The van der Waals surface area contributed by atoms with E-state index < -0.39 is 15.5 Å². The molecule has 0 bridgehead atoms. The first kappa shape index (κ1) is 31.3. The molecule has 0 radical (unpaired) electrons. The number of halogens is 1. The van der Waals surface area contributed by atoms with Gasteiger partial charge in [-0.1, -0.05) is 50.2 Å².